The molecule has 2 aromatic heterocycles. The molecule has 17 heavy (non-hydrogen) atoms. The number of aryl methyl sites for hydroxylation is 2. The molecule has 4 heteroatoms. The quantitative estimate of drug-likeness (QED) is 0.595. The summed E-state index contributed by atoms with van der Waals surface area (Å²) in [5.41, 5.74) is 9.83. The van der Waals surface area contributed by atoms with Gasteiger partial charge in [-0.1, -0.05) is 6.07 Å². The fraction of sp³-hybridized carbons (Fsp3) is 0.154. The number of benzene rings is 1. The molecular formula is C13H12N4. The average Bonchev–Trinajstić information content (AvgIpc) is 2.27. The number of pyridine rings is 1. The number of fused-ring (bicyclic) bond motifs is 2. The highest BCUT2D eigenvalue weighted by Gasteiger charge is 2.06. The summed E-state index contributed by atoms with van der Waals surface area (Å²) in [6, 6.07) is 6.21. The molecule has 84 valence electrons. The first-order valence-electron chi connectivity index (χ1n) is 5.43. The van der Waals surface area contributed by atoms with Crippen molar-refractivity contribution in [3.8, 4) is 0 Å². The zero-order valence-corrected chi connectivity index (χ0v) is 9.73. The van der Waals surface area contributed by atoms with Crippen LogP contribution in [0.2, 0.25) is 0 Å². The molecular weight excluding hydrogens is 212 g/mol. The van der Waals surface area contributed by atoms with Crippen LogP contribution >= 0.6 is 0 Å². The van der Waals surface area contributed by atoms with E-state index in [9.17, 15) is 0 Å². The predicted molar refractivity (Wildman–Crippen MR) is 68.7 cm³/mol. The first-order valence-corrected chi connectivity index (χ1v) is 5.43. The van der Waals surface area contributed by atoms with Crippen LogP contribution in [-0.2, 0) is 0 Å². The fourth-order valence-electron chi connectivity index (χ4n) is 2.12. The Balaban J connectivity index is 2.52. The van der Waals surface area contributed by atoms with E-state index in [1.54, 1.807) is 0 Å². The van der Waals surface area contributed by atoms with Crippen molar-refractivity contribution in [1.82, 2.24) is 15.0 Å². The van der Waals surface area contributed by atoms with Crippen LogP contribution in [0.3, 0.4) is 0 Å². The normalized spacial score (nSPS) is 11.2. The number of aromatic nitrogens is 3. The van der Waals surface area contributed by atoms with E-state index in [1.807, 2.05) is 6.07 Å². The molecule has 3 aromatic rings. The summed E-state index contributed by atoms with van der Waals surface area (Å²) in [5.74, 6) is 0.476. The van der Waals surface area contributed by atoms with Crippen LogP contribution in [-0.4, -0.2) is 15.0 Å². The third kappa shape index (κ3) is 1.49. The summed E-state index contributed by atoms with van der Waals surface area (Å²) in [4.78, 5) is 12.7. The zero-order chi connectivity index (χ0) is 12.0. The third-order valence-corrected chi connectivity index (χ3v) is 2.92. The van der Waals surface area contributed by atoms with Gasteiger partial charge < -0.3 is 5.73 Å². The van der Waals surface area contributed by atoms with Crippen LogP contribution in [0.4, 0.5) is 5.82 Å². The first-order chi connectivity index (χ1) is 8.15. The van der Waals surface area contributed by atoms with Crippen molar-refractivity contribution >= 4 is 27.8 Å². The van der Waals surface area contributed by atoms with Gasteiger partial charge in [0.05, 0.1) is 10.9 Å². The second kappa shape index (κ2) is 3.38. The Morgan fingerprint density at radius 2 is 1.82 bits per heavy atom. The Morgan fingerprint density at radius 1 is 1.00 bits per heavy atom. The molecule has 0 spiro atoms. The molecule has 0 fully saturated rings. The van der Waals surface area contributed by atoms with Crippen LogP contribution in [0.25, 0.3) is 21.9 Å². The molecule has 2 heterocycles. The van der Waals surface area contributed by atoms with Crippen LogP contribution < -0.4 is 5.73 Å². The minimum atomic E-state index is 0.476. The van der Waals surface area contributed by atoms with Crippen LogP contribution in [0.5, 0.6) is 0 Å². The second-order valence-corrected chi connectivity index (χ2v) is 4.27. The smallest absolute Gasteiger partial charge is 0.165 e. The molecule has 0 bridgehead atoms. The van der Waals surface area contributed by atoms with Gasteiger partial charge in [-0.3, -0.25) is 0 Å². The molecule has 3 rings (SSSR count). The van der Waals surface area contributed by atoms with Crippen molar-refractivity contribution in [2.75, 3.05) is 5.73 Å². The van der Waals surface area contributed by atoms with E-state index >= 15 is 0 Å². The van der Waals surface area contributed by atoms with Gasteiger partial charge >= 0.3 is 0 Å². The number of hydrogen-bond acceptors (Lipinski definition) is 4. The fourth-order valence-corrected chi connectivity index (χ4v) is 2.12. The summed E-state index contributed by atoms with van der Waals surface area (Å²) >= 11 is 0. The van der Waals surface area contributed by atoms with Crippen molar-refractivity contribution < 1.29 is 0 Å². The Kier molecular flexibility index (Phi) is 1.98. The maximum absolute atomic E-state index is 5.84. The standard InChI is InChI=1S/C13H12N4/c1-7-3-8(2)9-5-10-12(14)15-6-16-13(10)17-11(9)4-7/h3-6H,1-2H3,(H2,14,15,16,17). The maximum Gasteiger partial charge on any atom is 0.165 e. The summed E-state index contributed by atoms with van der Waals surface area (Å²) in [6.45, 7) is 4.13. The van der Waals surface area contributed by atoms with Crippen molar-refractivity contribution in [3.63, 3.8) is 0 Å². The van der Waals surface area contributed by atoms with Gasteiger partial charge in [0.15, 0.2) is 5.65 Å². The van der Waals surface area contributed by atoms with Gasteiger partial charge in [-0.2, -0.15) is 0 Å². The minimum Gasteiger partial charge on any atom is -0.383 e. The summed E-state index contributed by atoms with van der Waals surface area (Å²) < 4.78 is 0. The van der Waals surface area contributed by atoms with Crippen molar-refractivity contribution in [2.24, 2.45) is 0 Å². The van der Waals surface area contributed by atoms with Crippen molar-refractivity contribution in [2.45, 2.75) is 13.8 Å². The highest BCUT2D eigenvalue weighted by molar-refractivity contribution is 5.97. The van der Waals surface area contributed by atoms with Crippen LogP contribution in [0, 0.1) is 13.8 Å². The lowest BCUT2D eigenvalue weighted by atomic mass is 10.1. The van der Waals surface area contributed by atoms with Gasteiger partial charge in [-0.15, -0.1) is 0 Å². The predicted octanol–water partition coefficient (Wildman–Crippen LogP) is 2.38. The van der Waals surface area contributed by atoms with Gasteiger partial charge in [0.1, 0.15) is 12.1 Å². The molecule has 0 radical (unpaired) electrons. The second-order valence-electron chi connectivity index (χ2n) is 4.27. The van der Waals surface area contributed by atoms with Crippen molar-refractivity contribution in [1.29, 1.82) is 0 Å². The lowest BCUT2D eigenvalue weighted by Gasteiger charge is -2.06. The summed E-state index contributed by atoms with van der Waals surface area (Å²) in [7, 11) is 0. The molecule has 0 amide bonds. The number of anilines is 1. The van der Waals surface area contributed by atoms with Gasteiger partial charge in [-0.05, 0) is 37.1 Å². The molecule has 2 N–H and O–H groups in total. The monoisotopic (exact) mass is 224 g/mol. The SMILES string of the molecule is Cc1cc(C)c2cc3c(N)ncnc3nc2c1. The van der Waals surface area contributed by atoms with E-state index in [1.165, 1.54) is 17.5 Å². The molecule has 0 aliphatic rings. The summed E-state index contributed by atoms with van der Waals surface area (Å²) in [5, 5.41) is 1.91. The molecule has 1 aromatic carbocycles. The Bertz CT molecular complexity index is 734. The maximum atomic E-state index is 5.84. The van der Waals surface area contributed by atoms with E-state index < -0.39 is 0 Å². The Labute approximate surface area is 98.5 Å². The number of nitrogens with two attached hydrogens (primary N) is 1. The van der Waals surface area contributed by atoms with Crippen molar-refractivity contribution in [3.05, 3.63) is 35.7 Å². The minimum absolute atomic E-state index is 0.476. The van der Waals surface area contributed by atoms with E-state index in [0.29, 0.717) is 11.5 Å². The molecule has 0 unspecified atom stereocenters. The number of hydrogen-bond donors (Lipinski definition) is 1. The largest absolute Gasteiger partial charge is 0.383 e. The van der Waals surface area contributed by atoms with E-state index in [0.717, 1.165) is 16.3 Å². The van der Waals surface area contributed by atoms with Gasteiger partial charge in [0.2, 0.25) is 0 Å². The molecule has 0 aliphatic heterocycles. The summed E-state index contributed by atoms with van der Waals surface area (Å²) in [6.07, 6.45) is 1.44. The number of rotatable bonds is 0. The third-order valence-electron chi connectivity index (χ3n) is 2.92. The van der Waals surface area contributed by atoms with E-state index in [4.69, 9.17) is 5.73 Å². The number of nitrogen functional groups attached to an aromatic ring is 1. The molecule has 0 saturated heterocycles. The van der Waals surface area contributed by atoms with E-state index in [-0.39, 0.29) is 0 Å². The van der Waals surface area contributed by atoms with Crippen LogP contribution in [0.1, 0.15) is 11.1 Å². The lowest BCUT2D eigenvalue weighted by Crippen LogP contribution is -1.96. The highest BCUT2D eigenvalue weighted by Crippen LogP contribution is 2.24. The Hall–Kier alpha value is -2.23. The zero-order valence-electron chi connectivity index (χ0n) is 9.73. The lowest BCUT2D eigenvalue weighted by molar-refractivity contribution is 1.20. The molecule has 4 nitrogen and oxygen atoms in total. The molecule has 0 saturated carbocycles. The van der Waals surface area contributed by atoms with Gasteiger partial charge in [0, 0.05) is 5.39 Å². The Morgan fingerprint density at radius 3 is 2.65 bits per heavy atom. The van der Waals surface area contributed by atoms with Gasteiger partial charge in [0.25, 0.3) is 0 Å². The highest BCUT2D eigenvalue weighted by atomic mass is 15.0. The van der Waals surface area contributed by atoms with E-state index in [2.05, 4.69) is 40.9 Å². The van der Waals surface area contributed by atoms with Crippen LogP contribution in [0.15, 0.2) is 24.5 Å². The first kappa shape index (κ1) is 9.96. The topological polar surface area (TPSA) is 64.7 Å². The average molecular weight is 224 g/mol. The molecule has 0 aliphatic carbocycles. The van der Waals surface area contributed by atoms with Gasteiger partial charge in [-0.25, -0.2) is 15.0 Å². The molecule has 0 atom stereocenters. The number of nitrogens with zero attached hydrogens (tertiary/aromatic N) is 3.